The standard InChI is InChI=1S/C41H27N3O/c1-41(2)34-12-5-3-9-28(34)30-16-17-31-33-21-25(15-19-37(33)45-40(31)38(30)41)27-11-7-8-26(23-43)39(27)44-35-13-6-4-10-29(35)32-20-24(22-42)14-18-36(32)44/h3-15,18-21H,16-17H2,1-2H3. The van der Waals surface area contributed by atoms with E-state index in [9.17, 15) is 10.5 Å². The number of allylic oxidation sites excluding steroid dienone is 2. The van der Waals surface area contributed by atoms with E-state index in [0.717, 1.165) is 68.2 Å². The molecule has 45 heavy (non-hydrogen) atoms. The van der Waals surface area contributed by atoms with Crippen LogP contribution in [0, 0.1) is 22.7 Å². The molecule has 4 nitrogen and oxygen atoms in total. The molecule has 4 heteroatoms. The number of aromatic nitrogens is 1. The van der Waals surface area contributed by atoms with Gasteiger partial charge in [0.1, 0.15) is 17.4 Å². The highest BCUT2D eigenvalue weighted by molar-refractivity contribution is 6.11. The van der Waals surface area contributed by atoms with Gasteiger partial charge >= 0.3 is 0 Å². The third-order valence-electron chi connectivity index (χ3n) is 9.99. The zero-order valence-corrected chi connectivity index (χ0v) is 25.0. The maximum atomic E-state index is 10.4. The van der Waals surface area contributed by atoms with Gasteiger partial charge in [0.15, 0.2) is 0 Å². The molecule has 0 N–H and O–H groups in total. The van der Waals surface area contributed by atoms with Crippen molar-refractivity contribution in [1.82, 2.24) is 4.57 Å². The number of fused-ring (bicyclic) bond motifs is 9. The Morgan fingerprint density at radius 3 is 2.38 bits per heavy atom. The molecule has 0 saturated carbocycles. The van der Waals surface area contributed by atoms with E-state index >= 15 is 0 Å². The predicted molar refractivity (Wildman–Crippen MR) is 180 cm³/mol. The Bertz CT molecular complexity index is 2540. The molecule has 0 saturated heterocycles. The summed E-state index contributed by atoms with van der Waals surface area (Å²) in [4.78, 5) is 0. The largest absolute Gasteiger partial charge is 0.456 e. The van der Waals surface area contributed by atoms with Crippen molar-refractivity contribution in [2.24, 2.45) is 0 Å². The summed E-state index contributed by atoms with van der Waals surface area (Å²) in [6.07, 6.45) is 1.91. The number of hydrogen-bond donors (Lipinski definition) is 0. The van der Waals surface area contributed by atoms with Crippen molar-refractivity contribution in [3.8, 4) is 29.0 Å². The summed E-state index contributed by atoms with van der Waals surface area (Å²) in [7, 11) is 0. The van der Waals surface area contributed by atoms with Gasteiger partial charge in [0.2, 0.25) is 0 Å². The van der Waals surface area contributed by atoms with Crippen LogP contribution >= 0.6 is 0 Å². The predicted octanol–water partition coefficient (Wildman–Crippen LogP) is 10.1. The summed E-state index contributed by atoms with van der Waals surface area (Å²) in [6.45, 7) is 4.62. The number of aryl methyl sites for hydroxylation is 1. The molecule has 0 atom stereocenters. The molecule has 0 radical (unpaired) electrons. The Kier molecular flexibility index (Phi) is 5.18. The molecule has 2 aliphatic rings. The van der Waals surface area contributed by atoms with Gasteiger partial charge in [0.25, 0.3) is 0 Å². The van der Waals surface area contributed by atoms with Gasteiger partial charge in [-0.3, -0.25) is 0 Å². The van der Waals surface area contributed by atoms with Gasteiger partial charge < -0.3 is 8.98 Å². The minimum atomic E-state index is -0.131. The average Bonchev–Trinajstić information content (AvgIpc) is 3.69. The van der Waals surface area contributed by atoms with Crippen molar-refractivity contribution in [3.05, 3.63) is 137 Å². The van der Waals surface area contributed by atoms with Gasteiger partial charge in [-0.1, -0.05) is 74.5 Å². The highest BCUT2D eigenvalue weighted by atomic mass is 16.3. The van der Waals surface area contributed by atoms with E-state index in [0.29, 0.717) is 11.1 Å². The molecule has 0 unspecified atom stereocenters. The summed E-state index contributed by atoms with van der Waals surface area (Å²) in [5.74, 6) is 1.02. The van der Waals surface area contributed by atoms with E-state index in [1.807, 2.05) is 42.5 Å². The molecule has 2 aliphatic carbocycles. The lowest BCUT2D eigenvalue weighted by Crippen LogP contribution is -2.17. The molecule has 2 heterocycles. The number of hydrogen-bond acceptors (Lipinski definition) is 3. The smallest absolute Gasteiger partial charge is 0.135 e. The fraction of sp³-hybridized carbons (Fsp3) is 0.122. The minimum absolute atomic E-state index is 0.131. The molecule has 5 aromatic carbocycles. The number of rotatable bonds is 2. The fourth-order valence-corrected chi connectivity index (χ4v) is 8.03. The van der Waals surface area contributed by atoms with Crippen molar-refractivity contribution >= 4 is 43.9 Å². The zero-order chi connectivity index (χ0) is 30.4. The first-order valence-electron chi connectivity index (χ1n) is 15.4. The molecule has 0 aliphatic heterocycles. The van der Waals surface area contributed by atoms with Gasteiger partial charge in [-0.15, -0.1) is 0 Å². The molecular weight excluding hydrogens is 550 g/mol. The van der Waals surface area contributed by atoms with Gasteiger partial charge in [0, 0.05) is 38.3 Å². The zero-order valence-electron chi connectivity index (χ0n) is 25.0. The maximum Gasteiger partial charge on any atom is 0.135 e. The number of para-hydroxylation sites is 2. The Morgan fingerprint density at radius 2 is 1.51 bits per heavy atom. The number of furan rings is 1. The quantitative estimate of drug-likeness (QED) is 0.205. The van der Waals surface area contributed by atoms with Crippen LogP contribution in [-0.4, -0.2) is 4.57 Å². The summed E-state index contributed by atoms with van der Waals surface area (Å²) >= 11 is 0. The molecular formula is C41H27N3O. The second kappa shape index (κ2) is 9.08. The first kappa shape index (κ1) is 25.6. The fourth-order valence-electron chi connectivity index (χ4n) is 8.03. The molecule has 0 spiro atoms. The van der Waals surface area contributed by atoms with Crippen molar-refractivity contribution in [2.75, 3.05) is 0 Å². The van der Waals surface area contributed by atoms with Crippen LogP contribution in [0.5, 0.6) is 0 Å². The number of nitriles is 2. The van der Waals surface area contributed by atoms with Crippen molar-refractivity contribution < 1.29 is 4.42 Å². The van der Waals surface area contributed by atoms with E-state index in [1.165, 1.54) is 27.8 Å². The van der Waals surface area contributed by atoms with Gasteiger partial charge in [-0.2, -0.15) is 10.5 Å². The van der Waals surface area contributed by atoms with Crippen LogP contribution in [0.1, 0.15) is 53.8 Å². The van der Waals surface area contributed by atoms with Crippen molar-refractivity contribution in [3.63, 3.8) is 0 Å². The van der Waals surface area contributed by atoms with Crippen LogP contribution in [0.25, 0.3) is 60.7 Å². The van der Waals surface area contributed by atoms with Gasteiger partial charge in [-0.25, -0.2) is 0 Å². The van der Waals surface area contributed by atoms with E-state index in [-0.39, 0.29) is 5.41 Å². The normalized spacial score (nSPS) is 14.8. The van der Waals surface area contributed by atoms with Crippen LogP contribution in [-0.2, 0) is 11.8 Å². The monoisotopic (exact) mass is 577 g/mol. The lowest BCUT2D eigenvalue weighted by atomic mass is 9.77. The summed E-state index contributed by atoms with van der Waals surface area (Å²) in [5, 5.41) is 23.2. The van der Waals surface area contributed by atoms with Crippen molar-refractivity contribution in [2.45, 2.75) is 32.1 Å². The lowest BCUT2D eigenvalue weighted by molar-refractivity contribution is 0.568. The summed E-state index contributed by atoms with van der Waals surface area (Å²) in [6, 6.07) is 39.9. The van der Waals surface area contributed by atoms with Crippen molar-refractivity contribution in [1.29, 1.82) is 10.5 Å². The average molecular weight is 578 g/mol. The second-order valence-corrected chi connectivity index (χ2v) is 12.7. The first-order chi connectivity index (χ1) is 22.0. The Hall–Kier alpha value is -5.84. The third-order valence-corrected chi connectivity index (χ3v) is 9.99. The number of nitrogens with zero attached hydrogens (tertiary/aromatic N) is 3. The minimum Gasteiger partial charge on any atom is -0.456 e. The van der Waals surface area contributed by atoms with E-state index in [4.69, 9.17) is 4.42 Å². The van der Waals surface area contributed by atoms with Gasteiger partial charge in [0.05, 0.1) is 33.9 Å². The Balaban J connectivity index is 1.28. The van der Waals surface area contributed by atoms with Crippen LogP contribution in [0.4, 0.5) is 0 Å². The topological polar surface area (TPSA) is 65.7 Å². The third kappa shape index (κ3) is 3.40. The first-order valence-corrected chi connectivity index (χ1v) is 15.4. The van der Waals surface area contributed by atoms with E-state index < -0.39 is 0 Å². The van der Waals surface area contributed by atoms with Crippen LogP contribution in [0.3, 0.4) is 0 Å². The highest BCUT2D eigenvalue weighted by Gasteiger charge is 2.42. The number of benzene rings is 5. The Labute approximate surface area is 260 Å². The van der Waals surface area contributed by atoms with Crippen LogP contribution < -0.4 is 0 Å². The molecule has 9 rings (SSSR count). The molecule has 2 aromatic heterocycles. The highest BCUT2D eigenvalue weighted by Crippen LogP contribution is 2.56. The summed E-state index contributed by atoms with van der Waals surface area (Å²) < 4.78 is 8.89. The molecule has 0 amide bonds. The maximum absolute atomic E-state index is 10.4. The molecule has 7 aromatic rings. The SMILES string of the molecule is CC1(C)C2=C(CCc3c2oc2ccc(-c4cccc(C#N)c4-n4c5ccccc5c5cc(C#N)ccc54)cc32)c2ccccc21. The lowest BCUT2D eigenvalue weighted by Gasteiger charge is -2.26. The van der Waals surface area contributed by atoms with Crippen LogP contribution in [0.2, 0.25) is 0 Å². The van der Waals surface area contributed by atoms with E-state index in [1.54, 1.807) is 0 Å². The summed E-state index contributed by atoms with van der Waals surface area (Å²) in [5.41, 5.74) is 13.5. The molecule has 0 fully saturated rings. The van der Waals surface area contributed by atoms with Gasteiger partial charge in [-0.05, 0) is 77.6 Å². The van der Waals surface area contributed by atoms with E-state index in [2.05, 4.69) is 91.2 Å². The van der Waals surface area contributed by atoms with Crippen LogP contribution in [0.15, 0.2) is 108 Å². The second-order valence-electron chi connectivity index (χ2n) is 12.7. The Morgan fingerprint density at radius 1 is 0.711 bits per heavy atom. The molecule has 0 bridgehead atoms. The molecule has 212 valence electrons.